The Labute approximate surface area is 229 Å². The summed E-state index contributed by atoms with van der Waals surface area (Å²) in [5.41, 5.74) is 0.714. The maximum absolute atomic E-state index is 14.1. The zero-order chi connectivity index (χ0) is 26.8. The molecule has 5 atom stereocenters. The summed E-state index contributed by atoms with van der Waals surface area (Å²) in [6.07, 6.45) is 3.71. The molecule has 0 radical (unpaired) electrons. The Kier molecular flexibility index (Phi) is 8.33. The molecule has 3 amide bonds. The molecule has 2 bridgehead atoms. The highest BCUT2D eigenvalue weighted by molar-refractivity contribution is 8.02. The third kappa shape index (κ3) is 5.08. The van der Waals surface area contributed by atoms with Crippen molar-refractivity contribution in [2.45, 2.75) is 54.6 Å². The van der Waals surface area contributed by atoms with E-state index in [9.17, 15) is 19.5 Å². The Bertz CT molecular complexity index is 1020. The monoisotopic (exact) mass is 544 g/mol. The number of ether oxygens (including phenoxy) is 1. The van der Waals surface area contributed by atoms with E-state index in [-0.39, 0.29) is 24.3 Å². The number of likely N-dealkylation sites (tertiary alicyclic amines) is 1. The van der Waals surface area contributed by atoms with E-state index in [0.29, 0.717) is 38.4 Å². The Morgan fingerprint density at radius 2 is 1.84 bits per heavy atom. The zero-order valence-corrected chi connectivity index (χ0v) is 23.0. The van der Waals surface area contributed by atoms with Crippen molar-refractivity contribution in [2.24, 2.45) is 11.8 Å². The van der Waals surface area contributed by atoms with Crippen molar-refractivity contribution in [3.8, 4) is 0 Å². The summed E-state index contributed by atoms with van der Waals surface area (Å²) in [4.78, 5) is 45.6. The highest BCUT2D eigenvalue weighted by Crippen LogP contribution is 2.71. The van der Waals surface area contributed by atoms with E-state index in [1.54, 1.807) is 16.7 Å². The molecule has 1 aromatic rings. The standard InChI is InChI=1S/C28H40N4O5S/c1-27-10-11-28(38-27)22(21(27)24(34)30-20-8-4-2-5-9-20)26(36)32(13-6-3-7-17-33)23(28)25(35)29-12-14-31-15-18-37-19-16-31/h2,4-5,8-9,21-23,33H,3,6-7,10-19H2,1H3,(H,29,35)(H,30,34)/t21-,22+,23?,27+,28?/m1/s1. The molecule has 1 aromatic carbocycles. The van der Waals surface area contributed by atoms with Gasteiger partial charge in [0.25, 0.3) is 0 Å². The van der Waals surface area contributed by atoms with Crippen LogP contribution in [0, 0.1) is 11.8 Å². The number of carbonyl (C=O) groups is 3. The number of anilines is 1. The summed E-state index contributed by atoms with van der Waals surface area (Å²) in [5.74, 6) is -1.36. The summed E-state index contributed by atoms with van der Waals surface area (Å²) >= 11 is 1.70. The van der Waals surface area contributed by atoms with Gasteiger partial charge < -0.3 is 25.4 Å². The van der Waals surface area contributed by atoms with Crippen LogP contribution in [0.4, 0.5) is 5.69 Å². The van der Waals surface area contributed by atoms with Crippen LogP contribution in [0.2, 0.25) is 0 Å². The minimum atomic E-state index is -0.607. The zero-order valence-electron chi connectivity index (χ0n) is 22.2. The van der Waals surface area contributed by atoms with Crippen LogP contribution in [-0.4, -0.2) is 101 Å². The molecule has 4 aliphatic heterocycles. The van der Waals surface area contributed by atoms with Gasteiger partial charge in [-0.3, -0.25) is 19.3 Å². The van der Waals surface area contributed by atoms with Gasteiger partial charge in [-0.05, 0) is 51.2 Å². The van der Waals surface area contributed by atoms with Crippen LogP contribution in [0.3, 0.4) is 0 Å². The highest BCUT2D eigenvalue weighted by atomic mass is 32.2. The maximum atomic E-state index is 14.1. The van der Waals surface area contributed by atoms with Crippen molar-refractivity contribution >= 4 is 35.2 Å². The van der Waals surface area contributed by atoms with Crippen molar-refractivity contribution in [2.75, 3.05) is 57.9 Å². The lowest BCUT2D eigenvalue weighted by molar-refractivity contribution is -0.139. The smallest absolute Gasteiger partial charge is 0.244 e. The number of carbonyl (C=O) groups excluding carboxylic acids is 3. The molecule has 1 spiro atoms. The maximum Gasteiger partial charge on any atom is 0.244 e. The van der Waals surface area contributed by atoms with E-state index in [0.717, 1.165) is 45.3 Å². The Balaban J connectivity index is 1.36. The number of rotatable bonds is 11. The molecule has 0 aliphatic carbocycles. The number of unbranched alkanes of at least 4 members (excludes halogenated alkanes) is 2. The second-order valence-corrected chi connectivity index (χ2v) is 13.0. The predicted octanol–water partition coefficient (Wildman–Crippen LogP) is 1.72. The van der Waals surface area contributed by atoms with E-state index in [2.05, 4.69) is 22.5 Å². The van der Waals surface area contributed by atoms with E-state index in [1.807, 2.05) is 30.3 Å². The van der Waals surface area contributed by atoms with Crippen molar-refractivity contribution in [3.05, 3.63) is 30.3 Å². The van der Waals surface area contributed by atoms with Gasteiger partial charge in [-0.1, -0.05) is 18.2 Å². The number of nitrogens with one attached hydrogen (secondary N) is 2. The quantitative estimate of drug-likeness (QED) is 0.364. The normalized spacial score (nSPS) is 32.4. The third-order valence-corrected chi connectivity index (χ3v) is 10.7. The molecule has 2 unspecified atom stereocenters. The van der Waals surface area contributed by atoms with Crippen molar-refractivity contribution in [1.29, 1.82) is 0 Å². The Morgan fingerprint density at radius 3 is 2.58 bits per heavy atom. The van der Waals surface area contributed by atoms with Gasteiger partial charge in [0.1, 0.15) is 6.04 Å². The predicted molar refractivity (Wildman–Crippen MR) is 147 cm³/mol. The number of hydrogen-bond donors (Lipinski definition) is 3. The average Bonchev–Trinajstić information content (AvgIpc) is 3.48. The minimum absolute atomic E-state index is 0.0773. The number of morpholine rings is 1. The molecule has 0 aromatic heterocycles. The van der Waals surface area contributed by atoms with Crippen molar-refractivity contribution in [1.82, 2.24) is 15.1 Å². The molecular formula is C28H40N4O5S. The van der Waals surface area contributed by atoms with Gasteiger partial charge in [0.15, 0.2) is 0 Å². The fraction of sp³-hybridized carbons (Fsp3) is 0.679. The molecule has 10 heteroatoms. The third-order valence-electron chi connectivity index (χ3n) is 8.74. The number of amides is 3. The molecule has 4 aliphatic rings. The van der Waals surface area contributed by atoms with Gasteiger partial charge >= 0.3 is 0 Å². The van der Waals surface area contributed by atoms with Gasteiger partial charge in [0.05, 0.1) is 29.8 Å². The van der Waals surface area contributed by atoms with Crippen LogP contribution < -0.4 is 10.6 Å². The average molecular weight is 545 g/mol. The number of benzene rings is 1. The number of thioether (sulfide) groups is 1. The number of nitrogens with zero attached hydrogens (tertiary/aromatic N) is 2. The lowest BCUT2D eigenvalue weighted by Crippen LogP contribution is -2.54. The van der Waals surface area contributed by atoms with Crippen LogP contribution in [0.1, 0.15) is 39.0 Å². The first kappa shape index (κ1) is 27.4. The number of aliphatic hydroxyl groups excluding tert-OH is 1. The van der Waals surface area contributed by atoms with Gasteiger partial charge in [0, 0.05) is 49.8 Å². The van der Waals surface area contributed by atoms with Gasteiger partial charge in [0.2, 0.25) is 17.7 Å². The van der Waals surface area contributed by atoms with Gasteiger partial charge in [-0.15, -0.1) is 11.8 Å². The Morgan fingerprint density at radius 1 is 1.08 bits per heavy atom. The topological polar surface area (TPSA) is 111 Å². The minimum Gasteiger partial charge on any atom is -0.396 e. The molecule has 5 rings (SSSR count). The fourth-order valence-corrected chi connectivity index (χ4v) is 9.29. The first-order valence-electron chi connectivity index (χ1n) is 13.9. The van der Waals surface area contributed by atoms with Crippen LogP contribution in [0.15, 0.2) is 30.3 Å². The Hall–Kier alpha value is -2.14. The molecule has 4 heterocycles. The van der Waals surface area contributed by atoms with Crippen LogP contribution >= 0.6 is 11.8 Å². The second kappa shape index (κ2) is 11.5. The first-order valence-corrected chi connectivity index (χ1v) is 14.8. The van der Waals surface area contributed by atoms with E-state index >= 15 is 0 Å². The van der Waals surface area contributed by atoms with E-state index in [1.165, 1.54) is 0 Å². The summed E-state index contributed by atoms with van der Waals surface area (Å²) in [5, 5.41) is 15.4. The summed E-state index contributed by atoms with van der Waals surface area (Å²) < 4.78 is 4.42. The molecule has 208 valence electrons. The molecule has 0 saturated carbocycles. The number of hydrogen-bond acceptors (Lipinski definition) is 7. The van der Waals surface area contributed by atoms with Crippen molar-refractivity contribution < 1.29 is 24.2 Å². The molecule has 38 heavy (non-hydrogen) atoms. The SMILES string of the molecule is C[C@@]12CCC3(S1)C(C(=O)NCCN1CCOCC1)N(CCCCCO)C(=O)[C@@H]3[C@@H]2C(=O)Nc1ccccc1. The fourth-order valence-electron chi connectivity index (χ4n) is 6.94. The molecule has 4 fully saturated rings. The van der Waals surface area contributed by atoms with E-state index < -0.39 is 27.4 Å². The molecule has 9 nitrogen and oxygen atoms in total. The van der Waals surface area contributed by atoms with E-state index in [4.69, 9.17) is 4.74 Å². The van der Waals surface area contributed by atoms with Crippen LogP contribution in [-0.2, 0) is 19.1 Å². The molecular weight excluding hydrogens is 504 g/mol. The number of fused-ring (bicyclic) bond motifs is 1. The lowest BCUT2D eigenvalue weighted by Gasteiger charge is -2.35. The van der Waals surface area contributed by atoms with Gasteiger partial charge in [-0.25, -0.2) is 0 Å². The molecule has 3 N–H and O–H groups in total. The van der Waals surface area contributed by atoms with Gasteiger partial charge in [-0.2, -0.15) is 0 Å². The second-order valence-electron chi connectivity index (χ2n) is 11.1. The highest BCUT2D eigenvalue weighted by Gasteiger charge is 2.76. The first-order chi connectivity index (χ1) is 18.4. The molecule has 4 saturated heterocycles. The van der Waals surface area contributed by atoms with Crippen LogP contribution in [0.25, 0.3) is 0 Å². The number of aliphatic hydroxyl groups is 1. The summed E-state index contributed by atoms with van der Waals surface area (Å²) in [6, 6.07) is 8.76. The lowest BCUT2D eigenvalue weighted by atomic mass is 9.66. The summed E-state index contributed by atoms with van der Waals surface area (Å²) in [7, 11) is 0. The van der Waals surface area contributed by atoms with Crippen molar-refractivity contribution in [3.63, 3.8) is 0 Å². The largest absolute Gasteiger partial charge is 0.396 e. The van der Waals surface area contributed by atoms with Crippen LogP contribution in [0.5, 0.6) is 0 Å². The number of para-hydroxylation sites is 1. The summed E-state index contributed by atoms with van der Waals surface area (Å²) in [6.45, 7) is 7.05.